The number of hydrogen-bond donors (Lipinski definition) is 0. The van der Waals surface area contributed by atoms with Crippen LogP contribution in [-0.2, 0) is 11.2 Å². The van der Waals surface area contributed by atoms with E-state index in [2.05, 4.69) is 27.6 Å². The molecule has 1 aromatic carbocycles. The van der Waals surface area contributed by atoms with Gasteiger partial charge in [-0.2, -0.15) is 0 Å². The molecule has 0 saturated carbocycles. The lowest BCUT2D eigenvalue weighted by atomic mass is 10.0. The molecule has 1 fully saturated rings. The first kappa shape index (κ1) is 17.7. The molecular formula is C20H28N4O. The van der Waals surface area contributed by atoms with E-state index in [1.54, 1.807) is 4.90 Å². The highest BCUT2D eigenvalue weighted by Crippen LogP contribution is 2.23. The van der Waals surface area contributed by atoms with Crippen LogP contribution in [0.4, 0.5) is 5.69 Å². The number of hydrogen-bond acceptors (Lipinski definition) is 3. The molecule has 25 heavy (non-hydrogen) atoms. The van der Waals surface area contributed by atoms with Crippen molar-refractivity contribution in [2.45, 2.75) is 38.6 Å². The van der Waals surface area contributed by atoms with Gasteiger partial charge in [0.15, 0.2) is 0 Å². The molecular weight excluding hydrogens is 312 g/mol. The van der Waals surface area contributed by atoms with Gasteiger partial charge < -0.3 is 14.4 Å². The topological polar surface area (TPSA) is 41.4 Å². The number of amides is 1. The number of aryl methyl sites for hydroxylation is 1. The number of benzene rings is 1. The average Bonchev–Trinajstić information content (AvgIpc) is 3.15. The van der Waals surface area contributed by atoms with Crippen LogP contribution in [0.15, 0.2) is 42.7 Å². The summed E-state index contributed by atoms with van der Waals surface area (Å²) in [4.78, 5) is 21.1. The maximum atomic E-state index is 12.5. The summed E-state index contributed by atoms with van der Waals surface area (Å²) in [6.45, 7) is 5.06. The highest BCUT2D eigenvalue weighted by molar-refractivity contribution is 5.92. The van der Waals surface area contributed by atoms with Gasteiger partial charge in [-0.05, 0) is 31.5 Å². The van der Waals surface area contributed by atoms with E-state index in [-0.39, 0.29) is 5.91 Å². The normalized spacial score (nSPS) is 18.2. The van der Waals surface area contributed by atoms with E-state index >= 15 is 0 Å². The van der Waals surface area contributed by atoms with E-state index in [1.807, 2.05) is 43.6 Å². The van der Waals surface area contributed by atoms with E-state index < -0.39 is 0 Å². The fraction of sp³-hybridized carbons (Fsp3) is 0.500. The Morgan fingerprint density at radius 1 is 1.32 bits per heavy atom. The Bertz CT molecular complexity index is 682. The van der Waals surface area contributed by atoms with Gasteiger partial charge in [-0.3, -0.25) is 4.79 Å². The molecule has 5 nitrogen and oxygen atoms in total. The summed E-state index contributed by atoms with van der Waals surface area (Å²) in [5, 5.41) is 0. The molecule has 5 heteroatoms. The molecule has 1 aliphatic heterocycles. The van der Waals surface area contributed by atoms with Crippen LogP contribution in [0, 0.1) is 0 Å². The fourth-order valence-electron chi connectivity index (χ4n) is 3.63. The van der Waals surface area contributed by atoms with Crippen molar-refractivity contribution < 1.29 is 4.79 Å². The van der Waals surface area contributed by atoms with Crippen LogP contribution in [0.2, 0.25) is 0 Å². The van der Waals surface area contributed by atoms with Crippen molar-refractivity contribution in [3.05, 3.63) is 48.5 Å². The second-order valence-electron chi connectivity index (χ2n) is 6.74. The zero-order valence-electron chi connectivity index (χ0n) is 15.3. The number of aromatic nitrogens is 2. The number of para-hydroxylation sites is 1. The molecule has 2 aromatic rings. The van der Waals surface area contributed by atoms with Gasteiger partial charge in [-0.15, -0.1) is 0 Å². The lowest BCUT2D eigenvalue weighted by Gasteiger charge is -2.34. The monoisotopic (exact) mass is 340 g/mol. The molecule has 0 N–H and O–H groups in total. The molecule has 1 saturated heterocycles. The number of piperidine rings is 1. The van der Waals surface area contributed by atoms with Gasteiger partial charge in [0, 0.05) is 57.1 Å². The largest absolute Gasteiger partial charge is 0.331 e. The molecule has 0 radical (unpaired) electrons. The number of rotatable bonds is 6. The molecule has 1 aromatic heterocycles. The first-order valence-corrected chi connectivity index (χ1v) is 9.24. The molecule has 0 bridgehead atoms. The predicted molar refractivity (Wildman–Crippen MR) is 101 cm³/mol. The molecule has 1 amide bonds. The lowest BCUT2D eigenvalue weighted by Crippen LogP contribution is -2.39. The predicted octanol–water partition coefficient (Wildman–Crippen LogP) is 3.14. The average molecular weight is 340 g/mol. The summed E-state index contributed by atoms with van der Waals surface area (Å²) < 4.78 is 2.32. The van der Waals surface area contributed by atoms with E-state index in [1.165, 1.54) is 12.8 Å². The third-order valence-corrected chi connectivity index (χ3v) is 5.10. The van der Waals surface area contributed by atoms with E-state index in [4.69, 9.17) is 0 Å². The van der Waals surface area contributed by atoms with Gasteiger partial charge in [-0.25, -0.2) is 4.98 Å². The molecule has 2 heterocycles. The van der Waals surface area contributed by atoms with Crippen molar-refractivity contribution >= 4 is 11.6 Å². The summed E-state index contributed by atoms with van der Waals surface area (Å²) in [6, 6.07) is 10.3. The van der Waals surface area contributed by atoms with Crippen molar-refractivity contribution in [3.8, 4) is 0 Å². The molecule has 1 aliphatic rings. The van der Waals surface area contributed by atoms with Crippen molar-refractivity contribution in [2.75, 3.05) is 31.6 Å². The minimum Gasteiger partial charge on any atom is -0.331 e. The van der Waals surface area contributed by atoms with Gasteiger partial charge in [0.05, 0.1) is 0 Å². The van der Waals surface area contributed by atoms with E-state index in [0.29, 0.717) is 12.5 Å². The quantitative estimate of drug-likeness (QED) is 0.811. The Morgan fingerprint density at radius 3 is 2.88 bits per heavy atom. The van der Waals surface area contributed by atoms with Gasteiger partial charge in [0.2, 0.25) is 5.91 Å². The Balaban J connectivity index is 1.54. The molecule has 134 valence electrons. The van der Waals surface area contributed by atoms with E-state index in [9.17, 15) is 4.79 Å². The summed E-state index contributed by atoms with van der Waals surface area (Å²) in [5.41, 5.74) is 0.954. The third kappa shape index (κ3) is 4.28. The van der Waals surface area contributed by atoms with Crippen LogP contribution < -0.4 is 4.90 Å². The molecule has 1 atom stereocenters. The fourth-order valence-corrected chi connectivity index (χ4v) is 3.63. The third-order valence-electron chi connectivity index (χ3n) is 5.10. The summed E-state index contributed by atoms with van der Waals surface area (Å²) in [6.07, 6.45) is 7.89. The van der Waals surface area contributed by atoms with Crippen LogP contribution in [0.5, 0.6) is 0 Å². The summed E-state index contributed by atoms with van der Waals surface area (Å²) in [7, 11) is 1.86. The maximum absolute atomic E-state index is 12.5. The minimum atomic E-state index is 0.171. The first-order valence-electron chi connectivity index (χ1n) is 9.24. The van der Waals surface area contributed by atoms with Crippen LogP contribution in [0.25, 0.3) is 0 Å². The van der Waals surface area contributed by atoms with Gasteiger partial charge >= 0.3 is 0 Å². The highest BCUT2D eigenvalue weighted by Gasteiger charge is 2.23. The number of carbonyl (C=O) groups is 1. The van der Waals surface area contributed by atoms with Crippen molar-refractivity contribution in [3.63, 3.8) is 0 Å². The summed E-state index contributed by atoms with van der Waals surface area (Å²) >= 11 is 0. The molecule has 1 unspecified atom stereocenters. The molecule has 0 spiro atoms. The smallest absolute Gasteiger partial charge is 0.228 e. The number of nitrogens with zero attached hydrogens (tertiary/aromatic N) is 4. The first-order chi connectivity index (χ1) is 12.2. The van der Waals surface area contributed by atoms with Crippen molar-refractivity contribution in [1.82, 2.24) is 14.5 Å². The minimum absolute atomic E-state index is 0.171. The zero-order chi connectivity index (χ0) is 17.6. The highest BCUT2D eigenvalue weighted by atomic mass is 16.2. The zero-order valence-corrected chi connectivity index (χ0v) is 15.3. The Kier molecular flexibility index (Phi) is 5.87. The van der Waals surface area contributed by atoms with E-state index in [0.717, 1.165) is 37.6 Å². The van der Waals surface area contributed by atoms with Crippen LogP contribution in [-0.4, -0.2) is 47.0 Å². The van der Waals surface area contributed by atoms with Crippen molar-refractivity contribution in [1.29, 1.82) is 0 Å². The van der Waals surface area contributed by atoms with Gasteiger partial charge in [0.1, 0.15) is 5.82 Å². The van der Waals surface area contributed by atoms with Crippen LogP contribution >= 0.6 is 0 Å². The van der Waals surface area contributed by atoms with Gasteiger partial charge in [0.25, 0.3) is 0 Å². The Labute approximate surface area is 150 Å². The standard InChI is InChI=1S/C20H28N4O/c1-3-19-21-12-15-24(19)18-10-7-13-23(16-18)14-11-20(25)22(2)17-8-5-4-6-9-17/h4-6,8-9,12,15,18H,3,7,10-11,13-14,16H2,1-2H3. The number of likely N-dealkylation sites (tertiary alicyclic amines) is 1. The SMILES string of the molecule is CCc1nccn1C1CCCN(CCC(=O)N(C)c2ccccc2)C1. The number of carbonyl (C=O) groups excluding carboxylic acids is 1. The second kappa shape index (κ2) is 8.30. The maximum Gasteiger partial charge on any atom is 0.228 e. The molecule has 3 rings (SSSR count). The number of anilines is 1. The van der Waals surface area contributed by atoms with Crippen LogP contribution in [0.1, 0.15) is 38.1 Å². The van der Waals surface area contributed by atoms with Crippen LogP contribution in [0.3, 0.4) is 0 Å². The van der Waals surface area contributed by atoms with Gasteiger partial charge in [-0.1, -0.05) is 25.1 Å². The second-order valence-corrected chi connectivity index (χ2v) is 6.74. The Morgan fingerprint density at radius 2 is 2.12 bits per heavy atom. The summed E-state index contributed by atoms with van der Waals surface area (Å²) in [5.74, 6) is 1.33. The Hall–Kier alpha value is -2.14. The molecule has 0 aliphatic carbocycles. The lowest BCUT2D eigenvalue weighted by molar-refractivity contribution is -0.118. The number of imidazole rings is 1. The van der Waals surface area contributed by atoms with Crippen molar-refractivity contribution in [2.24, 2.45) is 0 Å².